The number of halogens is 2. The number of benzene rings is 2. The first-order chi connectivity index (χ1) is 10.6. The van der Waals surface area contributed by atoms with Gasteiger partial charge in [-0.25, -0.2) is 8.78 Å². The molecule has 0 amide bonds. The maximum absolute atomic E-state index is 13.1. The fourth-order valence-electron chi connectivity index (χ4n) is 1.93. The molecule has 112 valence electrons. The van der Waals surface area contributed by atoms with Gasteiger partial charge in [0.05, 0.1) is 0 Å². The molecule has 6 heteroatoms. The molecule has 0 aliphatic carbocycles. The Labute approximate surface area is 125 Å². The standard InChI is InChI=1S/C16H12F2N2O2/c1-10-3-2-4-11(7-10)16-19-15(22-20-16)9-21-12-5-6-13(17)14(18)8-12/h2-8H,9H2,1H3. The summed E-state index contributed by atoms with van der Waals surface area (Å²) in [5.74, 6) is -1.00. The summed E-state index contributed by atoms with van der Waals surface area (Å²) < 4.78 is 36.3. The van der Waals surface area contributed by atoms with Gasteiger partial charge in [0.1, 0.15) is 5.75 Å². The number of aromatic nitrogens is 2. The normalized spacial score (nSPS) is 10.7. The summed E-state index contributed by atoms with van der Waals surface area (Å²) in [5, 5.41) is 3.87. The molecule has 0 radical (unpaired) electrons. The fraction of sp³-hybridized carbons (Fsp3) is 0.125. The van der Waals surface area contributed by atoms with E-state index in [9.17, 15) is 8.78 Å². The molecule has 0 aliphatic heterocycles. The third-order valence-electron chi connectivity index (χ3n) is 3.00. The molecule has 0 bridgehead atoms. The van der Waals surface area contributed by atoms with Crippen LogP contribution in [0.5, 0.6) is 5.75 Å². The van der Waals surface area contributed by atoms with Gasteiger partial charge in [-0.15, -0.1) is 0 Å². The lowest BCUT2D eigenvalue weighted by Gasteiger charge is -2.02. The highest BCUT2D eigenvalue weighted by Gasteiger charge is 2.10. The maximum Gasteiger partial charge on any atom is 0.264 e. The Kier molecular flexibility index (Phi) is 3.82. The van der Waals surface area contributed by atoms with Crippen LogP contribution in [-0.4, -0.2) is 10.1 Å². The molecular weight excluding hydrogens is 290 g/mol. The summed E-state index contributed by atoms with van der Waals surface area (Å²) in [6.07, 6.45) is 0. The Bertz CT molecular complexity index is 802. The zero-order valence-corrected chi connectivity index (χ0v) is 11.7. The molecule has 3 rings (SSSR count). The molecule has 0 atom stereocenters. The Hall–Kier alpha value is -2.76. The van der Waals surface area contributed by atoms with E-state index in [2.05, 4.69) is 10.1 Å². The van der Waals surface area contributed by atoms with Crippen LogP contribution in [-0.2, 0) is 6.61 Å². The van der Waals surface area contributed by atoms with E-state index in [4.69, 9.17) is 9.26 Å². The number of rotatable bonds is 4. The molecule has 3 aromatic rings. The van der Waals surface area contributed by atoms with Crippen molar-refractivity contribution >= 4 is 0 Å². The van der Waals surface area contributed by atoms with Gasteiger partial charge >= 0.3 is 0 Å². The predicted octanol–water partition coefficient (Wildman–Crippen LogP) is 3.90. The van der Waals surface area contributed by atoms with E-state index in [1.54, 1.807) is 0 Å². The van der Waals surface area contributed by atoms with Crippen molar-refractivity contribution < 1.29 is 18.0 Å². The van der Waals surface area contributed by atoms with Gasteiger partial charge in [-0.2, -0.15) is 4.98 Å². The molecule has 2 aromatic carbocycles. The summed E-state index contributed by atoms with van der Waals surface area (Å²) in [5.41, 5.74) is 1.92. The molecule has 0 unspecified atom stereocenters. The van der Waals surface area contributed by atoms with Gasteiger partial charge in [-0.05, 0) is 25.1 Å². The lowest BCUT2D eigenvalue weighted by Crippen LogP contribution is -1.97. The number of nitrogens with zero attached hydrogens (tertiary/aromatic N) is 2. The Morgan fingerprint density at radius 2 is 1.95 bits per heavy atom. The molecule has 0 saturated carbocycles. The van der Waals surface area contributed by atoms with Gasteiger partial charge < -0.3 is 9.26 Å². The van der Waals surface area contributed by atoms with E-state index in [-0.39, 0.29) is 18.2 Å². The lowest BCUT2D eigenvalue weighted by atomic mass is 10.1. The Morgan fingerprint density at radius 1 is 1.09 bits per heavy atom. The third-order valence-corrected chi connectivity index (χ3v) is 3.00. The van der Waals surface area contributed by atoms with E-state index in [0.29, 0.717) is 5.82 Å². The van der Waals surface area contributed by atoms with Crippen molar-refractivity contribution in [3.63, 3.8) is 0 Å². The topological polar surface area (TPSA) is 48.2 Å². The van der Waals surface area contributed by atoms with Crippen molar-refractivity contribution in [1.82, 2.24) is 10.1 Å². The molecule has 0 fully saturated rings. The molecule has 4 nitrogen and oxygen atoms in total. The number of aryl methyl sites for hydroxylation is 1. The minimum atomic E-state index is -0.969. The second kappa shape index (κ2) is 5.93. The molecule has 0 aliphatic rings. The van der Waals surface area contributed by atoms with Crippen LogP contribution < -0.4 is 4.74 Å². The van der Waals surface area contributed by atoms with Crippen molar-refractivity contribution in [2.75, 3.05) is 0 Å². The summed E-state index contributed by atoms with van der Waals surface area (Å²) in [6.45, 7) is 1.95. The van der Waals surface area contributed by atoms with E-state index in [1.165, 1.54) is 6.07 Å². The van der Waals surface area contributed by atoms with Gasteiger partial charge in [0.15, 0.2) is 18.2 Å². The zero-order chi connectivity index (χ0) is 15.5. The first kappa shape index (κ1) is 14.2. The van der Waals surface area contributed by atoms with Crippen molar-refractivity contribution in [3.8, 4) is 17.1 Å². The van der Waals surface area contributed by atoms with Gasteiger partial charge in [0, 0.05) is 11.6 Å². The summed E-state index contributed by atoms with van der Waals surface area (Å²) in [7, 11) is 0. The molecular formula is C16H12F2N2O2. The molecule has 1 aromatic heterocycles. The van der Waals surface area contributed by atoms with Crippen molar-refractivity contribution in [2.24, 2.45) is 0 Å². The molecule has 0 spiro atoms. The number of hydrogen-bond acceptors (Lipinski definition) is 4. The van der Waals surface area contributed by atoms with Crippen molar-refractivity contribution in [2.45, 2.75) is 13.5 Å². The smallest absolute Gasteiger partial charge is 0.264 e. The van der Waals surface area contributed by atoms with Gasteiger partial charge in [0.2, 0.25) is 5.82 Å². The van der Waals surface area contributed by atoms with Crippen LogP contribution in [0.4, 0.5) is 8.78 Å². The van der Waals surface area contributed by atoms with Crippen molar-refractivity contribution in [3.05, 3.63) is 65.6 Å². The quantitative estimate of drug-likeness (QED) is 0.733. The van der Waals surface area contributed by atoms with Gasteiger partial charge in [-0.3, -0.25) is 0 Å². The maximum atomic E-state index is 13.1. The molecule has 22 heavy (non-hydrogen) atoms. The molecule has 0 saturated heterocycles. The van der Waals surface area contributed by atoms with Crippen LogP contribution in [0.25, 0.3) is 11.4 Å². The Morgan fingerprint density at radius 3 is 2.73 bits per heavy atom. The fourth-order valence-corrected chi connectivity index (χ4v) is 1.93. The monoisotopic (exact) mass is 302 g/mol. The van der Waals surface area contributed by atoms with E-state index >= 15 is 0 Å². The van der Waals surface area contributed by atoms with E-state index in [0.717, 1.165) is 23.3 Å². The summed E-state index contributed by atoms with van der Waals surface area (Å²) >= 11 is 0. The third kappa shape index (κ3) is 3.11. The minimum absolute atomic E-state index is 0.0239. The summed E-state index contributed by atoms with van der Waals surface area (Å²) in [6, 6.07) is 11.0. The summed E-state index contributed by atoms with van der Waals surface area (Å²) in [4.78, 5) is 4.21. The lowest BCUT2D eigenvalue weighted by molar-refractivity contribution is 0.241. The van der Waals surface area contributed by atoms with Crippen LogP contribution in [0, 0.1) is 18.6 Å². The first-order valence-corrected chi connectivity index (χ1v) is 6.59. The highest BCUT2D eigenvalue weighted by atomic mass is 19.2. The largest absolute Gasteiger partial charge is 0.484 e. The minimum Gasteiger partial charge on any atom is -0.484 e. The average Bonchev–Trinajstić information content (AvgIpc) is 2.97. The predicted molar refractivity (Wildman–Crippen MR) is 75.2 cm³/mol. The van der Waals surface area contributed by atoms with Crippen LogP contribution in [0.15, 0.2) is 47.0 Å². The van der Waals surface area contributed by atoms with Crippen molar-refractivity contribution in [1.29, 1.82) is 0 Å². The highest BCUT2D eigenvalue weighted by Crippen LogP contribution is 2.19. The van der Waals surface area contributed by atoms with Crippen LogP contribution in [0.3, 0.4) is 0 Å². The van der Waals surface area contributed by atoms with E-state index in [1.807, 2.05) is 31.2 Å². The zero-order valence-electron chi connectivity index (χ0n) is 11.7. The Balaban J connectivity index is 1.70. The number of hydrogen-bond donors (Lipinski definition) is 0. The second-order valence-corrected chi connectivity index (χ2v) is 4.75. The van der Waals surface area contributed by atoms with E-state index < -0.39 is 11.6 Å². The molecule has 1 heterocycles. The second-order valence-electron chi connectivity index (χ2n) is 4.75. The highest BCUT2D eigenvalue weighted by molar-refractivity contribution is 5.55. The van der Waals surface area contributed by atoms with Crippen LogP contribution in [0.2, 0.25) is 0 Å². The average molecular weight is 302 g/mol. The van der Waals surface area contributed by atoms with Crippen LogP contribution >= 0.6 is 0 Å². The van der Waals surface area contributed by atoms with Crippen LogP contribution in [0.1, 0.15) is 11.5 Å². The molecule has 0 N–H and O–H groups in total. The first-order valence-electron chi connectivity index (χ1n) is 6.59. The van der Waals surface area contributed by atoms with Gasteiger partial charge in [-0.1, -0.05) is 28.9 Å². The van der Waals surface area contributed by atoms with Gasteiger partial charge in [0.25, 0.3) is 5.89 Å². The SMILES string of the molecule is Cc1cccc(-c2noc(COc3ccc(F)c(F)c3)n2)c1. The number of ether oxygens (including phenoxy) is 1.